The van der Waals surface area contributed by atoms with Crippen LogP contribution in [-0.4, -0.2) is 37.7 Å². The molecule has 132 valence electrons. The molecule has 1 aliphatic rings. The van der Waals surface area contributed by atoms with Crippen molar-refractivity contribution >= 4 is 17.7 Å². The molecule has 0 radical (unpaired) electrons. The number of halogens is 1. The van der Waals surface area contributed by atoms with Crippen molar-refractivity contribution in [2.24, 2.45) is 0 Å². The molecular weight excluding hydrogens is 336 g/mol. The second-order valence-corrected chi connectivity index (χ2v) is 6.78. The molecule has 0 aromatic heterocycles. The molecular formula is C20H23ClN2O2. The molecule has 0 spiro atoms. The minimum absolute atomic E-state index is 0.220. The minimum Gasteiger partial charge on any atom is -0.409 e. The van der Waals surface area contributed by atoms with Crippen molar-refractivity contribution in [2.75, 3.05) is 26.7 Å². The van der Waals surface area contributed by atoms with E-state index >= 15 is 0 Å². The van der Waals surface area contributed by atoms with Crippen LogP contribution in [0, 0.1) is 0 Å². The third kappa shape index (κ3) is 4.14. The highest BCUT2D eigenvalue weighted by Gasteiger charge is 2.25. The molecule has 1 N–H and O–H groups in total. The monoisotopic (exact) mass is 358 g/mol. The van der Waals surface area contributed by atoms with Gasteiger partial charge in [-0.2, -0.15) is 0 Å². The molecule has 1 heterocycles. The van der Waals surface area contributed by atoms with Crippen molar-refractivity contribution < 1.29 is 9.53 Å². The van der Waals surface area contributed by atoms with Gasteiger partial charge in [-0.3, -0.25) is 0 Å². The molecule has 4 nitrogen and oxygen atoms in total. The topological polar surface area (TPSA) is 41.6 Å². The number of amides is 1. The number of nitrogens with zero attached hydrogens (tertiary/aromatic N) is 1. The van der Waals surface area contributed by atoms with Crippen LogP contribution in [0.1, 0.15) is 29.5 Å². The van der Waals surface area contributed by atoms with Crippen molar-refractivity contribution in [3.63, 3.8) is 0 Å². The number of carbonyl (C=O) groups excluding carboxylic acids is 1. The maximum atomic E-state index is 11.8. The highest BCUT2D eigenvalue weighted by Crippen LogP contribution is 2.37. The predicted molar refractivity (Wildman–Crippen MR) is 101 cm³/mol. The van der Waals surface area contributed by atoms with Gasteiger partial charge >= 0.3 is 6.09 Å². The highest BCUT2D eigenvalue weighted by molar-refractivity contribution is 6.32. The SMILES string of the molecule is CCNC(=O)Oc1cc2c(cc1Cl)CCN(C)C[C@H]2c1ccccc1. The van der Waals surface area contributed by atoms with Crippen LogP contribution in [0.5, 0.6) is 5.75 Å². The molecule has 2 aromatic carbocycles. The van der Waals surface area contributed by atoms with E-state index in [0.29, 0.717) is 17.3 Å². The number of nitrogens with one attached hydrogen (secondary N) is 1. The van der Waals surface area contributed by atoms with Gasteiger partial charge in [0.25, 0.3) is 0 Å². The summed E-state index contributed by atoms with van der Waals surface area (Å²) < 4.78 is 5.41. The molecule has 0 fully saturated rings. The van der Waals surface area contributed by atoms with E-state index in [1.165, 1.54) is 16.7 Å². The first-order valence-corrected chi connectivity index (χ1v) is 8.97. The summed E-state index contributed by atoms with van der Waals surface area (Å²) in [4.78, 5) is 14.1. The summed E-state index contributed by atoms with van der Waals surface area (Å²) in [5, 5.41) is 3.11. The van der Waals surface area contributed by atoms with E-state index in [4.69, 9.17) is 16.3 Å². The maximum absolute atomic E-state index is 11.8. The Bertz CT molecular complexity index is 749. The van der Waals surface area contributed by atoms with Crippen LogP contribution in [0.4, 0.5) is 4.79 Å². The zero-order chi connectivity index (χ0) is 17.8. The summed E-state index contributed by atoms with van der Waals surface area (Å²) in [5.74, 6) is 0.634. The molecule has 2 aromatic rings. The summed E-state index contributed by atoms with van der Waals surface area (Å²) in [6.45, 7) is 4.25. The van der Waals surface area contributed by atoms with Gasteiger partial charge in [-0.25, -0.2) is 4.79 Å². The van der Waals surface area contributed by atoms with Crippen LogP contribution in [-0.2, 0) is 6.42 Å². The van der Waals surface area contributed by atoms with Gasteiger partial charge < -0.3 is 15.0 Å². The first-order chi connectivity index (χ1) is 12.1. The van der Waals surface area contributed by atoms with Crippen molar-refractivity contribution in [3.05, 3.63) is 64.2 Å². The van der Waals surface area contributed by atoms with Crippen LogP contribution in [0.15, 0.2) is 42.5 Å². The zero-order valence-corrected chi connectivity index (χ0v) is 15.3. The smallest absolute Gasteiger partial charge is 0.409 e. The summed E-state index contributed by atoms with van der Waals surface area (Å²) in [6.07, 6.45) is 0.447. The fraction of sp³-hybridized carbons (Fsp3) is 0.350. The summed E-state index contributed by atoms with van der Waals surface area (Å²) >= 11 is 6.37. The van der Waals surface area contributed by atoms with Crippen LogP contribution < -0.4 is 10.1 Å². The van der Waals surface area contributed by atoms with Crippen LogP contribution in [0.2, 0.25) is 5.02 Å². The summed E-state index contributed by atoms with van der Waals surface area (Å²) in [5.41, 5.74) is 3.65. The van der Waals surface area contributed by atoms with Crippen LogP contribution in [0.3, 0.4) is 0 Å². The molecule has 0 aliphatic carbocycles. The minimum atomic E-state index is -0.480. The normalized spacial score (nSPS) is 17.5. The van der Waals surface area contributed by atoms with E-state index in [1.807, 2.05) is 25.1 Å². The van der Waals surface area contributed by atoms with Gasteiger partial charge in [0.2, 0.25) is 0 Å². The second-order valence-electron chi connectivity index (χ2n) is 6.38. The Morgan fingerprint density at radius 2 is 2.08 bits per heavy atom. The number of fused-ring (bicyclic) bond motifs is 1. The molecule has 0 saturated heterocycles. The van der Waals surface area contributed by atoms with E-state index in [0.717, 1.165) is 19.5 Å². The fourth-order valence-electron chi connectivity index (χ4n) is 3.29. The average Bonchev–Trinajstić information content (AvgIpc) is 2.76. The molecule has 0 unspecified atom stereocenters. The van der Waals surface area contributed by atoms with Crippen molar-refractivity contribution in [1.82, 2.24) is 10.2 Å². The molecule has 0 saturated carbocycles. The number of carbonyl (C=O) groups is 1. The lowest BCUT2D eigenvalue weighted by Gasteiger charge is -2.22. The first kappa shape index (κ1) is 17.8. The Labute approximate surface area is 153 Å². The summed E-state index contributed by atoms with van der Waals surface area (Å²) in [7, 11) is 2.13. The number of hydrogen-bond acceptors (Lipinski definition) is 3. The number of hydrogen-bond donors (Lipinski definition) is 1. The van der Waals surface area contributed by atoms with Crippen molar-refractivity contribution in [3.8, 4) is 5.75 Å². The molecule has 1 amide bonds. The van der Waals surface area contributed by atoms with E-state index in [9.17, 15) is 4.79 Å². The van der Waals surface area contributed by atoms with Gasteiger partial charge in [0, 0.05) is 25.6 Å². The zero-order valence-electron chi connectivity index (χ0n) is 14.6. The number of ether oxygens (including phenoxy) is 1. The van der Waals surface area contributed by atoms with Crippen molar-refractivity contribution in [1.29, 1.82) is 0 Å². The quantitative estimate of drug-likeness (QED) is 0.899. The van der Waals surface area contributed by atoms with Crippen LogP contribution in [0.25, 0.3) is 0 Å². The standard InChI is InChI=1S/C20H23ClN2O2/c1-3-22-20(24)25-19-12-16-15(11-18(19)21)9-10-23(2)13-17(16)14-7-5-4-6-8-14/h4-8,11-12,17H,3,9-10,13H2,1-2H3,(H,22,24)/t17-/m0/s1. The molecule has 0 bridgehead atoms. The van der Waals surface area contributed by atoms with Gasteiger partial charge in [0.1, 0.15) is 0 Å². The van der Waals surface area contributed by atoms with Gasteiger partial charge in [0.05, 0.1) is 5.02 Å². The van der Waals surface area contributed by atoms with Crippen LogP contribution >= 0.6 is 11.6 Å². The number of likely N-dealkylation sites (N-methyl/N-ethyl adjacent to an activating group) is 1. The fourth-order valence-corrected chi connectivity index (χ4v) is 3.52. The second kappa shape index (κ2) is 7.89. The highest BCUT2D eigenvalue weighted by atomic mass is 35.5. The largest absolute Gasteiger partial charge is 0.412 e. The Morgan fingerprint density at radius 3 is 2.80 bits per heavy atom. The van der Waals surface area contributed by atoms with Crippen molar-refractivity contribution in [2.45, 2.75) is 19.3 Å². The van der Waals surface area contributed by atoms with Gasteiger partial charge in [0.15, 0.2) is 5.75 Å². The van der Waals surface area contributed by atoms with E-state index in [1.54, 1.807) is 0 Å². The predicted octanol–water partition coefficient (Wildman–Crippen LogP) is 4.07. The van der Waals surface area contributed by atoms with Gasteiger partial charge in [-0.05, 0) is 49.2 Å². The number of rotatable bonds is 3. The molecule has 5 heteroatoms. The van der Waals surface area contributed by atoms with E-state index in [2.05, 4.69) is 41.5 Å². The Hall–Kier alpha value is -2.04. The third-order valence-electron chi connectivity index (χ3n) is 4.55. The molecule has 1 aliphatic heterocycles. The Morgan fingerprint density at radius 1 is 1.32 bits per heavy atom. The lowest BCUT2D eigenvalue weighted by molar-refractivity contribution is 0.201. The lowest BCUT2D eigenvalue weighted by Crippen LogP contribution is -2.26. The molecule has 25 heavy (non-hydrogen) atoms. The molecule has 1 atom stereocenters. The van der Waals surface area contributed by atoms with Gasteiger partial charge in [-0.15, -0.1) is 0 Å². The number of benzene rings is 2. The third-order valence-corrected chi connectivity index (χ3v) is 4.85. The van der Waals surface area contributed by atoms with E-state index < -0.39 is 6.09 Å². The first-order valence-electron chi connectivity index (χ1n) is 8.60. The Kier molecular flexibility index (Phi) is 5.61. The average molecular weight is 359 g/mol. The maximum Gasteiger partial charge on any atom is 0.412 e. The summed E-state index contributed by atoms with van der Waals surface area (Å²) in [6, 6.07) is 14.3. The van der Waals surface area contributed by atoms with E-state index in [-0.39, 0.29) is 5.92 Å². The van der Waals surface area contributed by atoms with Gasteiger partial charge in [-0.1, -0.05) is 41.9 Å². The molecule has 3 rings (SSSR count). The lowest BCUT2D eigenvalue weighted by atomic mass is 9.88. The Balaban J connectivity index is 2.02.